The van der Waals surface area contributed by atoms with Crippen LogP contribution in [0.4, 0.5) is 30.8 Å². The summed E-state index contributed by atoms with van der Waals surface area (Å²) in [7, 11) is 1.44. The van der Waals surface area contributed by atoms with E-state index >= 15 is 0 Å². The van der Waals surface area contributed by atoms with Gasteiger partial charge in [0.05, 0.1) is 0 Å². The third-order valence-electron chi connectivity index (χ3n) is 3.36. The molecule has 3 rings (SSSR count). The van der Waals surface area contributed by atoms with E-state index < -0.39 is 17.3 Å². The molecule has 11 heteroatoms. The van der Waals surface area contributed by atoms with Crippen molar-refractivity contribution in [2.24, 2.45) is 0 Å². The molecule has 1 unspecified atom stereocenters. The topological polar surface area (TPSA) is 88.5 Å². The van der Waals surface area contributed by atoms with Crippen LogP contribution in [0.5, 0.6) is 0 Å². The number of hydrogen-bond donors (Lipinski definition) is 2. The molecule has 0 saturated heterocycles. The summed E-state index contributed by atoms with van der Waals surface area (Å²) in [6.07, 6.45) is 1.29. The summed E-state index contributed by atoms with van der Waals surface area (Å²) in [4.78, 5) is 20.1. The molecule has 146 valence electrons. The number of rotatable bonds is 6. The Balaban J connectivity index is 2.03. The van der Waals surface area contributed by atoms with E-state index in [1.54, 1.807) is 0 Å². The van der Waals surface area contributed by atoms with Gasteiger partial charge in [-0.2, -0.15) is 28.1 Å². The maximum atomic E-state index is 13.6. The lowest BCUT2D eigenvalue weighted by Gasteiger charge is -2.13. The highest BCUT2D eigenvalue weighted by Crippen LogP contribution is 2.34. The van der Waals surface area contributed by atoms with Crippen LogP contribution in [0, 0.1) is 5.95 Å². The van der Waals surface area contributed by atoms with Gasteiger partial charge in [0.1, 0.15) is 11.4 Å². The van der Waals surface area contributed by atoms with Gasteiger partial charge in [-0.05, 0) is 32.0 Å². The van der Waals surface area contributed by atoms with E-state index in [0.29, 0.717) is 5.69 Å². The maximum Gasteiger partial charge on any atom is 0.300 e. The van der Waals surface area contributed by atoms with Crippen LogP contribution in [0.2, 0.25) is 0 Å². The van der Waals surface area contributed by atoms with Crippen molar-refractivity contribution < 1.29 is 13.2 Å². The zero-order valence-electron chi connectivity index (χ0n) is 15.0. The second-order valence-corrected chi connectivity index (χ2v) is 6.85. The molecule has 2 N–H and O–H groups in total. The fourth-order valence-electron chi connectivity index (χ4n) is 2.22. The Morgan fingerprint density at radius 1 is 1.04 bits per heavy atom. The van der Waals surface area contributed by atoms with Crippen molar-refractivity contribution >= 4 is 26.8 Å². The van der Waals surface area contributed by atoms with E-state index in [9.17, 15) is 13.2 Å². The molecule has 0 bridgehead atoms. The summed E-state index contributed by atoms with van der Waals surface area (Å²) in [5.41, 5.74) is -3.09. The van der Waals surface area contributed by atoms with Crippen LogP contribution < -0.4 is 10.6 Å². The van der Waals surface area contributed by atoms with Crippen LogP contribution in [-0.4, -0.2) is 31.0 Å². The van der Waals surface area contributed by atoms with Gasteiger partial charge in [0.25, 0.3) is 5.66 Å². The molecule has 0 amide bonds. The standard InChI is InChI=1S/C17H17F3N7P/c1-9(2)22-15-25-14(11-4-3-5-12(24-11)17(19,20)28)26-16(27-15)23-10-6-7-21-13(18)8-10/h3-9H,28H2,1-2H3,(H2,21,22,23,25,26,27). The minimum Gasteiger partial charge on any atom is -0.352 e. The zero-order chi connectivity index (χ0) is 20.3. The molecule has 7 nitrogen and oxygen atoms in total. The first-order valence-corrected chi connectivity index (χ1v) is 8.84. The second-order valence-electron chi connectivity index (χ2n) is 6.13. The Morgan fingerprint density at radius 3 is 2.46 bits per heavy atom. The third-order valence-corrected chi connectivity index (χ3v) is 3.65. The molecule has 3 heterocycles. The second kappa shape index (κ2) is 8.02. The number of nitrogens with one attached hydrogen (secondary N) is 2. The summed E-state index contributed by atoms with van der Waals surface area (Å²) in [6, 6.07) is 6.90. The number of pyridine rings is 2. The first-order chi connectivity index (χ1) is 13.2. The molecule has 3 aromatic rings. The molecular formula is C17H17F3N7P. The molecule has 0 aliphatic rings. The van der Waals surface area contributed by atoms with Gasteiger partial charge in [0, 0.05) is 24.0 Å². The molecule has 0 aliphatic carbocycles. The van der Waals surface area contributed by atoms with Crippen LogP contribution in [-0.2, 0) is 5.66 Å². The van der Waals surface area contributed by atoms with Gasteiger partial charge in [-0.1, -0.05) is 15.3 Å². The van der Waals surface area contributed by atoms with Crippen LogP contribution in [0.1, 0.15) is 19.5 Å². The van der Waals surface area contributed by atoms with Crippen LogP contribution in [0.3, 0.4) is 0 Å². The highest BCUT2D eigenvalue weighted by atomic mass is 31.0. The fraction of sp³-hybridized carbons (Fsp3) is 0.235. The summed E-state index contributed by atoms with van der Waals surface area (Å²) in [5, 5.41) is 5.88. The molecule has 0 spiro atoms. The number of nitrogens with zero attached hydrogens (tertiary/aromatic N) is 5. The SMILES string of the molecule is CC(C)Nc1nc(Nc2ccnc(F)c2)nc(-c2cccc(C(F)(F)P)n2)n1. The smallest absolute Gasteiger partial charge is 0.300 e. The number of alkyl halides is 2. The van der Waals surface area contributed by atoms with Crippen molar-refractivity contribution in [1.29, 1.82) is 0 Å². The van der Waals surface area contributed by atoms with Crippen molar-refractivity contribution in [3.8, 4) is 11.5 Å². The van der Waals surface area contributed by atoms with Crippen LogP contribution >= 0.6 is 9.24 Å². The molecule has 1 atom stereocenters. The van der Waals surface area contributed by atoms with Crippen molar-refractivity contribution in [3.63, 3.8) is 0 Å². The van der Waals surface area contributed by atoms with Gasteiger partial charge >= 0.3 is 0 Å². The van der Waals surface area contributed by atoms with Gasteiger partial charge < -0.3 is 10.6 Å². The van der Waals surface area contributed by atoms with Gasteiger partial charge in [-0.25, -0.2) is 9.97 Å². The molecule has 0 aromatic carbocycles. The molecule has 3 aromatic heterocycles. The average molecular weight is 407 g/mol. The summed E-state index contributed by atoms with van der Waals surface area (Å²) >= 11 is 0. The Kier molecular flexibility index (Phi) is 5.69. The molecule has 0 aliphatic heterocycles. The summed E-state index contributed by atoms with van der Waals surface area (Å²) in [5.74, 6) is -0.256. The van der Waals surface area contributed by atoms with E-state index in [4.69, 9.17) is 0 Å². The van der Waals surface area contributed by atoms with Gasteiger partial charge in [-0.3, -0.25) is 0 Å². The Bertz CT molecular complexity index is 979. The Morgan fingerprint density at radius 2 is 1.79 bits per heavy atom. The monoisotopic (exact) mass is 407 g/mol. The highest BCUT2D eigenvalue weighted by molar-refractivity contribution is 7.17. The lowest BCUT2D eigenvalue weighted by molar-refractivity contribution is 0.0988. The molecule has 0 saturated carbocycles. The lowest BCUT2D eigenvalue weighted by Crippen LogP contribution is -2.15. The van der Waals surface area contributed by atoms with Crippen molar-refractivity contribution in [3.05, 3.63) is 48.2 Å². The maximum absolute atomic E-state index is 13.6. The largest absolute Gasteiger partial charge is 0.352 e. The number of halogens is 3. The van der Waals surface area contributed by atoms with E-state index in [1.165, 1.54) is 45.8 Å². The average Bonchev–Trinajstić information content (AvgIpc) is 2.60. The molecule has 0 radical (unpaired) electrons. The van der Waals surface area contributed by atoms with Gasteiger partial charge in [0.15, 0.2) is 5.82 Å². The van der Waals surface area contributed by atoms with E-state index in [2.05, 4.69) is 35.6 Å². The van der Waals surface area contributed by atoms with Crippen molar-refractivity contribution in [2.75, 3.05) is 10.6 Å². The number of aromatic nitrogens is 5. The van der Waals surface area contributed by atoms with E-state index in [1.807, 2.05) is 13.8 Å². The zero-order valence-corrected chi connectivity index (χ0v) is 16.1. The quantitative estimate of drug-likeness (QED) is 0.472. The Labute approximate surface area is 161 Å². The first kappa shape index (κ1) is 19.9. The number of hydrogen-bond acceptors (Lipinski definition) is 7. The minimum absolute atomic E-state index is 0.0112. The first-order valence-electron chi connectivity index (χ1n) is 8.26. The molecular weight excluding hydrogens is 390 g/mol. The number of anilines is 3. The fourth-order valence-corrected chi connectivity index (χ4v) is 2.38. The predicted molar refractivity (Wildman–Crippen MR) is 103 cm³/mol. The summed E-state index contributed by atoms with van der Waals surface area (Å²) < 4.78 is 40.5. The lowest BCUT2D eigenvalue weighted by atomic mass is 10.3. The molecule has 0 fully saturated rings. The highest BCUT2D eigenvalue weighted by Gasteiger charge is 2.27. The van der Waals surface area contributed by atoms with Crippen LogP contribution in [0.25, 0.3) is 11.5 Å². The normalized spacial score (nSPS) is 11.5. The minimum atomic E-state index is -3.18. The third kappa shape index (κ3) is 5.10. The van der Waals surface area contributed by atoms with Crippen molar-refractivity contribution in [1.82, 2.24) is 24.9 Å². The van der Waals surface area contributed by atoms with E-state index in [0.717, 1.165) is 0 Å². The van der Waals surface area contributed by atoms with Crippen molar-refractivity contribution in [2.45, 2.75) is 25.6 Å². The van der Waals surface area contributed by atoms with Crippen LogP contribution in [0.15, 0.2) is 36.5 Å². The van der Waals surface area contributed by atoms with Gasteiger partial charge in [0.2, 0.25) is 17.8 Å². The molecule has 28 heavy (non-hydrogen) atoms. The predicted octanol–water partition coefficient (Wildman–Crippen LogP) is 3.96. The summed E-state index contributed by atoms with van der Waals surface area (Å²) in [6.45, 7) is 3.78. The van der Waals surface area contributed by atoms with E-state index in [-0.39, 0.29) is 29.5 Å². The Hall–Kier alpha value is -2.87. The van der Waals surface area contributed by atoms with Gasteiger partial charge in [-0.15, -0.1) is 0 Å².